The van der Waals surface area contributed by atoms with Gasteiger partial charge in [0.25, 0.3) is 0 Å². The second kappa shape index (κ2) is 5.19. The molecule has 4 fully saturated rings. The van der Waals surface area contributed by atoms with E-state index in [2.05, 4.69) is 19.6 Å². The van der Waals surface area contributed by atoms with E-state index in [1.807, 2.05) is 0 Å². The van der Waals surface area contributed by atoms with Crippen LogP contribution in [0.15, 0.2) is 23.8 Å². The van der Waals surface area contributed by atoms with Crippen molar-refractivity contribution in [3.63, 3.8) is 0 Å². The van der Waals surface area contributed by atoms with Gasteiger partial charge in [0.1, 0.15) is 11.2 Å². The van der Waals surface area contributed by atoms with Gasteiger partial charge in [-0.3, -0.25) is 0 Å². The zero-order valence-corrected chi connectivity index (χ0v) is 13.9. The van der Waals surface area contributed by atoms with E-state index in [4.69, 9.17) is 14.2 Å². The number of hydrogen-bond acceptors (Lipinski definition) is 3. The quantitative estimate of drug-likeness (QED) is 0.585. The van der Waals surface area contributed by atoms with Crippen LogP contribution in [0.1, 0.15) is 51.9 Å². The number of ether oxygens (including phenoxy) is 3. The van der Waals surface area contributed by atoms with Gasteiger partial charge in [-0.05, 0) is 57.4 Å². The Morgan fingerprint density at radius 3 is 2.68 bits per heavy atom. The van der Waals surface area contributed by atoms with Crippen LogP contribution >= 0.6 is 0 Å². The Morgan fingerprint density at radius 2 is 2.05 bits per heavy atom. The molecule has 1 spiro atoms. The van der Waals surface area contributed by atoms with Crippen molar-refractivity contribution in [3.8, 4) is 0 Å². The van der Waals surface area contributed by atoms with Crippen molar-refractivity contribution >= 4 is 0 Å². The summed E-state index contributed by atoms with van der Waals surface area (Å²) < 4.78 is 17.9. The number of allylic oxidation sites excluding steroid dienone is 1. The summed E-state index contributed by atoms with van der Waals surface area (Å²) in [6.07, 6.45) is 11.3. The minimum Gasteiger partial charge on any atom is -0.377 e. The lowest BCUT2D eigenvalue weighted by atomic mass is 9.68. The second-order valence-corrected chi connectivity index (χ2v) is 7.74. The molecule has 2 saturated heterocycles. The van der Waals surface area contributed by atoms with Gasteiger partial charge < -0.3 is 14.2 Å². The third kappa shape index (κ3) is 2.29. The predicted molar refractivity (Wildman–Crippen MR) is 85.8 cm³/mol. The summed E-state index contributed by atoms with van der Waals surface area (Å²) in [5.74, 6) is 0.290. The van der Waals surface area contributed by atoms with Gasteiger partial charge in [-0.25, -0.2) is 0 Å². The molecule has 5 atom stereocenters. The van der Waals surface area contributed by atoms with Crippen LogP contribution in [0.3, 0.4) is 0 Å². The molecule has 122 valence electrons. The third-order valence-corrected chi connectivity index (χ3v) is 6.37. The molecule has 4 aliphatic rings. The summed E-state index contributed by atoms with van der Waals surface area (Å²) in [6.45, 7) is 7.35. The molecule has 0 aromatic rings. The van der Waals surface area contributed by atoms with Gasteiger partial charge in [-0.1, -0.05) is 18.2 Å². The van der Waals surface area contributed by atoms with Crippen LogP contribution in [0.4, 0.5) is 0 Å². The zero-order valence-electron chi connectivity index (χ0n) is 13.9. The average Bonchev–Trinajstić information content (AvgIpc) is 3.35. The molecule has 3 heteroatoms. The largest absolute Gasteiger partial charge is 0.377 e. The minimum absolute atomic E-state index is 0.00807. The Hall–Kier alpha value is -0.640. The highest BCUT2D eigenvalue weighted by atomic mass is 16.6. The van der Waals surface area contributed by atoms with Crippen LogP contribution in [0.25, 0.3) is 0 Å². The first kappa shape index (κ1) is 14.9. The normalized spacial score (nSPS) is 47.1. The van der Waals surface area contributed by atoms with Crippen molar-refractivity contribution in [1.82, 2.24) is 0 Å². The summed E-state index contributed by atoms with van der Waals surface area (Å²) in [5, 5.41) is 0. The second-order valence-electron chi connectivity index (χ2n) is 7.74. The molecule has 0 amide bonds. The standard InChI is InChI=1S/C19H28O3/c1-13-10-11-19(12-21-19)17(16(13)20-3)18(2)15(22-18)9-8-14-6-4-5-7-14/h8,15-17H,1,4-7,9-12H2,2-3H3/t15-,16-,17-,18?,19+/m1/s1. The molecular formula is C19H28O3. The smallest absolute Gasteiger partial charge is 0.101 e. The van der Waals surface area contributed by atoms with Crippen molar-refractivity contribution in [2.75, 3.05) is 13.7 Å². The highest BCUT2D eigenvalue weighted by molar-refractivity contribution is 5.27. The van der Waals surface area contributed by atoms with E-state index >= 15 is 0 Å². The average molecular weight is 304 g/mol. The van der Waals surface area contributed by atoms with Crippen LogP contribution in [-0.2, 0) is 14.2 Å². The van der Waals surface area contributed by atoms with Crippen LogP contribution in [-0.4, -0.2) is 37.1 Å². The number of hydrogen-bond donors (Lipinski definition) is 0. The fourth-order valence-electron chi connectivity index (χ4n) is 4.86. The van der Waals surface area contributed by atoms with Crippen molar-refractivity contribution < 1.29 is 14.2 Å². The Bertz CT molecular complexity index is 497. The molecule has 2 aliphatic carbocycles. The van der Waals surface area contributed by atoms with Crippen molar-refractivity contribution in [2.24, 2.45) is 5.92 Å². The summed E-state index contributed by atoms with van der Waals surface area (Å²) >= 11 is 0. The molecule has 2 aliphatic heterocycles. The SMILES string of the molecule is C=C1CC[C@]2(CO2)[C@@H](C2(C)O[C@@H]2CC=C2CCCC2)[C@@H]1OC. The van der Waals surface area contributed by atoms with Crippen molar-refractivity contribution in [1.29, 1.82) is 0 Å². The first-order chi connectivity index (χ1) is 10.6. The highest BCUT2D eigenvalue weighted by Gasteiger charge is 2.70. The Morgan fingerprint density at radius 1 is 1.32 bits per heavy atom. The number of methoxy groups -OCH3 is 1. The van der Waals surface area contributed by atoms with Crippen LogP contribution in [0, 0.1) is 5.92 Å². The maximum absolute atomic E-state index is 6.21. The lowest BCUT2D eigenvalue weighted by molar-refractivity contribution is -0.0198. The van der Waals surface area contributed by atoms with E-state index in [0.717, 1.165) is 25.9 Å². The molecule has 2 heterocycles. The topological polar surface area (TPSA) is 34.3 Å². The molecule has 1 unspecified atom stereocenters. The lowest BCUT2D eigenvalue weighted by Gasteiger charge is -2.39. The number of rotatable bonds is 4. The van der Waals surface area contributed by atoms with Gasteiger partial charge in [0, 0.05) is 7.11 Å². The summed E-state index contributed by atoms with van der Waals surface area (Å²) in [4.78, 5) is 0. The predicted octanol–water partition coefficient (Wildman–Crippen LogP) is 3.78. The van der Waals surface area contributed by atoms with Crippen LogP contribution < -0.4 is 0 Å². The van der Waals surface area contributed by atoms with E-state index in [0.29, 0.717) is 12.0 Å². The third-order valence-electron chi connectivity index (χ3n) is 6.37. The van der Waals surface area contributed by atoms with Gasteiger partial charge in [0.05, 0.1) is 24.7 Å². The molecule has 0 bridgehead atoms. The van der Waals surface area contributed by atoms with E-state index in [9.17, 15) is 0 Å². The van der Waals surface area contributed by atoms with Crippen molar-refractivity contribution in [3.05, 3.63) is 23.8 Å². The molecule has 0 aromatic carbocycles. The molecule has 0 aromatic heterocycles. The molecule has 4 rings (SSSR count). The van der Waals surface area contributed by atoms with Gasteiger partial charge in [-0.2, -0.15) is 0 Å². The molecule has 0 radical (unpaired) electrons. The summed E-state index contributed by atoms with van der Waals surface area (Å²) in [5.41, 5.74) is 2.71. The van der Waals surface area contributed by atoms with Gasteiger partial charge in [0.2, 0.25) is 0 Å². The maximum Gasteiger partial charge on any atom is 0.101 e. The van der Waals surface area contributed by atoms with Crippen LogP contribution in [0.5, 0.6) is 0 Å². The van der Waals surface area contributed by atoms with Crippen molar-refractivity contribution in [2.45, 2.75) is 75.3 Å². The molecular weight excluding hydrogens is 276 g/mol. The van der Waals surface area contributed by atoms with Gasteiger partial charge >= 0.3 is 0 Å². The lowest BCUT2D eigenvalue weighted by Crippen LogP contribution is -2.49. The van der Waals surface area contributed by atoms with E-state index in [-0.39, 0.29) is 17.3 Å². The van der Waals surface area contributed by atoms with E-state index in [1.165, 1.54) is 31.3 Å². The first-order valence-corrected chi connectivity index (χ1v) is 8.79. The molecule has 2 saturated carbocycles. The highest BCUT2D eigenvalue weighted by Crippen LogP contribution is 2.60. The molecule has 22 heavy (non-hydrogen) atoms. The first-order valence-electron chi connectivity index (χ1n) is 8.79. The Balaban J connectivity index is 1.50. The fraction of sp³-hybridized carbons (Fsp3) is 0.789. The minimum atomic E-state index is -0.115. The fourth-order valence-corrected chi connectivity index (χ4v) is 4.86. The van der Waals surface area contributed by atoms with Gasteiger partial charge in [-0.15, -0.1) is 0 Å². The molecule has 0 N–H and O–H groups in total. The summed E-state index contributed by atoms with van der Waals surface area (Å²) in [7, 11) is 1.80. The summed E-state index contributed by atoms with van der Waals surface area (Å²) in [6, 6.07) is 0. The maximum atomic E-state index is 6.21. The Labute approximate surface area is 133 Å². The number of epoxide rings is 2. The van der Waals surface area contributed by atoms with E-state index in [1.54, 1.807) is 12.7 Å². The monoisotopic (exact) mass is 304 g/mol. The zero-order chi connectivity index (χ0) is 15.4. The Kier molecular flexibility index (Phi) is 3.52. The van der Waals surface area contributed by atoms with E-state index < -0.39 is 0 Å². The molecule has 3 nitrogen and oxygen atoms in total. The van der Waals surface area contributed by atoms with Crippen LogP contribution in [0.2, 0.25) is 0 Å². The van der Waals surface area contributed by atoms with Gasteiger partial charge in [0.15, 0.2) is 0 Å².